The Labute approximate surface area is 89.7 Å². The number of Topliss-reactive ketones (excluding diaryl/α,β-unsaturated/α-hetero) is 1. The number of methoxy groups -OCH3 is 1. The molecule has 0 spiro atoms. The fourth-order valence-corrected chi connectivity index (χ4v) is 1.99. The number of carbonyl (C=O) groups excluding carboxylic acids is 1. The largest absolute Gasteiger partial charge is 0.377 e. The Kier molecular flexibility index (Phi) is 3.02. The Balaban J connectivity index is 2.04. The van der Waals surface area contributed by atoms with Crippen molar-refractivity contribution in [3.8, 4) is 0 Å². The average molecular weight is 205 g/mol. The predicted octanol–water partition coefficient (Wildman–Crippen LogP) is 1.26. The summed E-state index contributed by atoms with van der Waals surface area (Å²) in [4.78, 5) is 13.6. The molecule has 0 bridgehead atoms. The van der Waals surface area contributed by atoms with Crippen LogP contribution in [0.1, 0.15) is 5.56 Å². The molecule has 0 amide bonds. The first-order chi connectivity index (χ1) is 7.31. The lowest BCUT2D eigenvalue weighted by Gasteiger charge is -2.17. The Morgan fingerprint density at radius 3 is 3.07 bits per heavy atom. The van der Waals surface area contributed by atoms with Crippen LogP contribution in [0.15, 0.2) is 24.3 Å². The van der Waals surface area contributed by atoms with Crippen LogP contribution in [0.2, 0.25) is 0 Å². The van der Waals surface area contributed by atoms with E-state index in [0.29, 0.717) is 6.54 Å². The molecule has 1 aromatic rings. The third kappa shape index (κ3) is 2.18. The molecular formula is C12H15NO2. The molecule has 1 aliphatic heterocycles. The summed E-state index contributed by atoms with van der Waals surface area (Å²) in [6, 6.07) is 8.25. The van der Waals surface area contributed by atoms with Gasteiger partial charge in [-0.05, 0) is 18.1 Å². The van der Waals surface area contributed by atoms with Crippen LogP contribution in [0.5, 0.6) is 0 Å². The number of ketones is 1. The zero-order valence-corrected chi connectivity index (χ0v) is 8.90. The van der Waals surface area contributed by atoms with Gasteiger partial charge in [-0.15, -0.1) is 0 Å². The van der Waals surface area contributed by atoms with Crippen LogP contribution in [0.4, 0.5) is 5.69 Å². The van der Waals surface area contributed by atoms with E-state index in [1.807, 2.05) is 12.1 Å². The van der Waals surface area contributed by atoms with Gasteiger partial charge in [0.25, 0.3) is 0 Å². The van der Waals surface area contributed by atoms with Gasteiger partial charge in [0.2, 0.25) is 0 Å². The molecule has 3 nitrogen and oxygen atoms in total. The number of hydrogen-bond donors (Lipinski definition) is 0. The molecule has 2 rings (SSSR count). The van der Waals surface area contributed by atoms with Gasteiger partial charge in [-0.2, -0.15) is 0 Å². The number of rotatable bonds is 4. The van der Waals surface area contributed by atoms with Gasteiger partial charge in [0.05, 0.1) is 6.54 Å². The highest BCUT2D eigenvalue weighted by molar-refractivity contribution is 5.85. The summed E-state index contributed by atoms with van der Waals surface area (Å²) in [5, 5.41) is 0. The summed E-state index contributed by atoms with van der Waals surface area (Å²) in [7, 11) is 1.55. The smallest absolute Gasteiger partial charge is 0.177 e. The van der Waals surface area contributed by atoms with Crippen molar-refractivity contribution in [2.24, 2.45) is 0 Å². The van der Waals surface area contributed by atoms with E-state index >= 15 is 0 Å². The standard InChI is InChI=1S/C12H15NO2/c1-15-9-11(14)8-13-7-6-10-4-2-3-5-12(10)13/h2-5H,6-9H2,1H3. The third-order valence-corrected chi connectivity index (χ3v) is 2.66. The molecular weight excluding hydrogens is 190 g/mol. The van der Waals surface area contributed by atoms with Crippen molar-refractivity contribution in [2.75, 3.05) is 31.7 Å². The van der Waals surface area contributed by atoms with Gasteiger partial charge in [-0.1, -0.05) is 18.2 Å². The minimum Gasteiger partial charge on any atom is -0.377 e. The van der Waals surface area contributed by atoms with E-state index in [1.54, 1.807) is 7.11 Å². The lowest BCUT2D eigenvalue weighted by Crippen LogP contribution is -2.29. The van der Waals surface area contributed by atoms with Crippen LogP contribution in [0, 0.1) is 0 Å². The molecule has 0 fully saturated rings. The maximum absolute atomic E-state index is 11.4. The quantitative estimate of drug-likeness (QED) is 0.741. The lowest BCUT2D eigenvalue weighted by molar-refractivity contribution is -0.121. The number of nitrogens with zero attached hydrogens (tertiary/aromatic N) is 1. The van der Waals surface area contributed by atoms with Crippen molar-refractivity contribution in [3.63, 3.8) is 0 Å². The maximum atomic E-state index is 11.4. The van der Waals surface area contributed by atoms with E-state index in [1.165, 1.54) is 11.3 Å². The number of ether oxygens (including phenoxy) is 1. The van der Waals surface area contributed by atoms with Crippen LogP contribution < -0.4 is 4.90 Å². The molecule has 0 unspecified atom stereocenters. The number of fused-ring (bicyclic) bond motifs is 1. The van der Waals surface area contributed by atoms with E-state index in [0.717, 1.165) is 13.0 Å². The van der Waals surface area contributed by atoms with Crippen molar-refractivity contribution in [3.05, 3.63) is 29.8 Å². The molecule has 3 heteroatoms. The zero-order valence-electron chi connectivity index (χ0n) is 8.90. The van der Waals surface area contributed by atoms with Gasteiger partial charge in [-0.3, -0.25) is 4.79 Å². The van der Waals surface area contributed by atoms with Crippen molar-refractivity contribution >= 4 is 11.5 Å². The highest BCUT2D eigenvalue weighted by atomic mass is 16.5. The van der Waals surface area contributed by atoms with E-state index in [2.05, 4.69) is 17.0 Å². The van der Waals surface area contributed by atoms with Gasteiger partial charge in [-0.25, -0.2) is 0 Å². The van der Waals surface area contributed by atoms with Crippen LogP contribution >= 0.6 is 0 Å². The second-order valence-corrected chi connectivity index (χ2v) is 3.77. The number of hydrogen-bond acceptors (Lipinski definition) is 3. The normalized spacial score (nSPS) is 14.1. The minimum atomic E-state index is 0.134. The molecule has 0 radical (unpaired) electrons. The maximum Gasteiger partial charge on any atom is 0.177 e. The molecule has 15 heavy (non-hydrogen) atoms. The second kappa shape index (κ2) is 4.45. The molecule has 0 aliphatic carbocycles. The van der Waals surface area contributed by atoms with Crippen LogP contribution in [0.3, 0.4) is 0 Å². The van der Waals surface area contributed by atoms with Crippen LogP contribution in [-0.2, 0) is 16.0 Å². The lowest BCUT2D eigenvalue weighted by atomic mass is 10.2. The number of benzene rings is 1. The Bertz CT molecular complexity index is 362. The van der Waals surface area contributed by atoms with E-state index in [4.69, 9.17) is 4.74 Å². The molecule has 0 N–H and O–H groups in total. The SMILES string of the molecule is COCC(=O)CN1CCc2ccccc21. The first-order valence-electron chi connectivity index (χ1n) is 5.15. The molecule has 1 heterocycles. The molecule has 1 aromatic carbocycles. The topological polar surface area (TPSA) is 29.5 Å². The van der Waals surface area contributed by atoms with Crippen LogP contribution in [0.25, 0.3) is 0 Å². The van der Waals surface area contributed by atoms with E-state index in [9.17, 15) is 4.79 Å². The summed E-state index contributed by atoms with van der Waals surface area (Å²) in [6.07, 6.45) is 1.04. The Morgan fingerprint density at radius 1 is 1.47 bits per heavy atom. The fourth-order valence-electron chi connectivity index (χ4n) is 1.99. The average Bonchev–Trinajstić information content (AvgIpc) is 2.62. The van der Waals surface area contributed by atoms with E-state index < -0.39 is 0 Å². The highest BCUT2D eigenvalue weighted by Crippen LogP contribution is 2.26. The fraction of sp³-hybridized carbons (Fsp3) is 0.417. The summed E-state index contributed by atoms with van der Waals surface area (Å²) in [5.74, 6) is 0.134. The van der Waals surface area contributed by atoms with Crippen molar-refractivity contribution in [1.82, 2.24) is 0 Å². The Morgan fingerprint density at radius 2 is 2.27 bits per heavy atom. The molecule has 1 aliphatic rings. The third-order valence-electron chi connectivity index (χ3n) is 2.66. The second-order valence-electron chi connectivity index (χ2n) is 3.77. The summed E-state index contributed by atoms with van der Waals surface area (Å²) in [5.41, 5.74) is 2.53. The molecule has 0 atom stereocenters. The number of anilines is 1. The summed E-state index contributed by atoms with van der Waals surface area (Å²) >= 11 is 0. The van der Waals surface area contributed by atoms with Crippen molar-refractivity contribution in [1.29, 1.82) is 0 Å². The van der Waals surface area contributed by atoms with Gasteiger partial charge < -0.3 is 9.64 Å². The summed E-state index contributed by atoms with van der Waals surface area (Å²) < 4.78 is 4.83. The monoisotopic (exact) mass is 205 g/mol. The number of para-hydroxylation sites is 1. The van der Waals surface area contributed by atoms with Gasteiger partial charge in [0.15, 0.2) is 5.78 Å². The first-order valence-corrected chi connectivity index (χ1v) is 5.15. The summed E-state index contributed by atoms with van der Waals surface area (Å²) in [6.45, 7) is 1.61. The van der Waals surface area contributed by atoms with Gasteiger partial charge in [0, 0.05) is 19.3 Å². The highest BCUT2D eigenvalue weighted by Gasteiger charge is 2.19. The zero-order chi connectivity index (χ0) is 10.7. The molecule has 0 saturated carbocycles. The van der Waals surface area contributed by atoms with Gasteiger partial charge >= 0.3 is 0 Å². The predicted molar refractivity (Wildman–Crippen MR) is 59.2 cm³/mol. The number of carbonyl (C=O) groups is 1. The van der Waals surface area contributed by atoms with E-state index in [-0.39, 0.29) is 12.4 Å². The minimum absolute atomic E-state index is 0.134. The van der Waals surface area contributed by atoms with Gasteiger partial charge in [0.1, 0.15) is 6.61 Å². The first kappa shape index (κ1) is 10.2. The molecule has 80 valence electrons. The Hall–Kier alpha value is -1.35. The molecule has 0 saturated heterocycles. The van der Waals surface area contributed by atoms with Crippen molar-refractivity contribution in [2.45, 2.75) is 6.42 Å². The van der Waals surface area contributed by atoms with Crippen LogP contribution in [-0.4, -0.2) is 32.6 Å². The molecule has 0 aromatic heterocycles. The van der Waals surface area contributed by atoms with Crippen molar-refractivity contribution < 1.29 is 9.53 Å².